The Morgan fingerprint density at radius 3 is 2.94 bits per heavy atom. The Balaban J connectivity index is 2.51. The fraction of sp³-hybridized carbons (Fsp3) is 0.300. The Morgan fingerprint density at radius 1 is 1.56 bits per heavy atom. The first-order valence-electron chi connectivity index (χ1n) is 4.65. The molecule has 1 aromatic rings. The Morgan fingerprint density at radius 2 is 2.31 bits per heavy atom. The summed E-state index contributed by atoms with van der Waals surface area (Å²) < 4.78 is 11.2. The maximum Gasteiger partial charge on any atom is 0.312 e. The smallest absolute Gasteiger partial charge is 0.312 e. The monoisotopic (exact) mass is 287 g/mol. The summed E-state index contributed by atoms with van der Waals surface area (Å²) in [4.78, 5) is 11.1. The number of nitrogens with two attached hydrogens (primary N) is 1. The molecular formula is C10H10BrNO4. The molecule has 1 aromatic carbocycles. The molecule has 0 spiro atoms. The highest BCUT2D eigenvalue weighted by atomic mass is 79.9. The van der Waals surface area contributed by atoms with Crippen molar-refractivity contribution >= 4 is 21.9 Å². The van der Waals surface area contributed by atoms with Crippen LogP contribution in [0.4, 0.5) is 0 Å². The zero-order chi connectivity index (χ0) is 11.7. The molecule has 6 heteroatoms. The van der Waals surface area contributed by atoms with Crippen molar-refractivity contribution in [3.63, 3.8) is 0 Å². The SMILES string of the molecule is NCC(C(=O)O)c1cc(Br)cc2c1OCO2. The number of carboxylic acid groups (broad SMARTS) is 1. The number of rotatable bonds is 3. The van der Waals surface area contributed by atoms with E-state index in [4.69, 9.17) is 20.3 Å². The van der Waals surface area contributed by atoms with E-state index < -0.39 is 11.9 Å². The van der Waals surface area contributed by atoms with Crippen molar-refractivity contribution in [2.24, 2.45) is 5.73 Å². The second-order valence-corrected chi connectivity index (χ2v) is 4.27. The molecule has 0 amide bonds. The number of carboxylic acids is 1. The van der Waals surface area contributed by atoms with Crippen LogP contribution in [0.25, 0.3) is 0 Å². The van der Waals surface area contributed by atoms with Crippen LogP contribution in [0.3, 0.4) is 0 Å². The first-order valence-corrected chi connectivity index (χ1v) is 5.44. The summed E-state index contributed by atoms with van der Waals surface area (Å²) in [6.45, 7) is 0.122. The molecule has 16 heavy (non-hydrogen) atoms. The van der Waals surface area contributed by atoms with Crippen LogP contribution in [0.2, 0.25) is 0 Å². The Labute approximate surface area is 100 Å². The minimum Gasteiger partial charge on any atom is -0.481 e. The van der Waals surface area contributed by atoms with Gasteiger partial charge in [0.1, 0.15) is 0 Å². The number of ether oxygens (including phenoxy) is 2. The quantitative estimate of drug-likeness (QED) is 0.876. The molecule has 0 aliphatic carbocycles. The molecule has 5 nitrogen and oxygen atoms in total. The van der Waals surface area contributed by atoms with Crippen LogP contribution in [0.15, 0.2) is 16.6 Å². The molecule has 0 radical (unpaired) electrons. The highest BCUT2D eigenvalue weighted by Crippen LogP contribution is 2.41. The molecular weight excluding hydrogens is 278 g/mol. The Kier molecular flexibility index (Phi) is 3.02. The van der Waals surface area contributed by atoms with Gasteiger partial charge in [0.15, 0.2) is 11.5 Å². The number of halogens is 1. The molecule has 2 rings (SSSR count). The van der Waals surface area contributed by atoms with Gasteiger partial charge < -0.3 is 20.3 Å². The van der Waals surface area contributed by atoms with Crippen LogP contribution in [0, 0.1) is 0 Å². The standard InChI is InChI=1S/C10H10BrNO4/c11-5-1-6(7(3-12)10(13)14)9-8(2-5)15-4-16-9/h1-2,7H,3-4,12H2,(H,13,14). The van der Waals surface area contributed by atoms with Gasteiger partial charge in [0.05, 0.1) is 5.92 Å². The topological polar surface area (TPSA) is 81.8 Å². The van der Waals surface area contributed by atoms with Gasteiger partial charge in [0.2, 0.25) is 6.79 Å². The Hall–Kier alpha value is -1.27. The third kappa shape index (κ3) is 1.85. The molecule has 1 aliphatic rings. The van der Waals surface area contributed by atoms with E-state index in [1.165, 1.54) is 0 Å². The minimum absolute atomic E-state index is 0.0155. The fourth-order valence-electron chi connectivity index (χ4n) is 1.62. The molecule has 3 N–H and O–H groups in total. The average Bonchev–Trinajstić information content (AvgIpc) is 2.65. The van der Waals surface area contributed by atoms with Crippen molar-refractivity contribution in [1.29, 1.82) is 0 Å². The summed E-state index contributed by atoms with van der Waals surface area (Å²) in [5.41, 5.74) is 6.00. The number of hydrogen-bond donors (Lipinski definition) is 2. The zero-order valence-corrected chi connectivity index (χ0v) is 9.86. The van der Waals surface area contributed by atoms with Gasteiger partial charge in [-0.15, -0.1) is 0 Å². The third-order valence-corrected chi connectivity index (χ3v) is 2.83. The third-order valence-electron chi connectivity index (χ3n) is 2.38. The second kappa shape index (κ2) is 4.31. The molecule has 1 aliphatic heterocycles. The number of carbonyl (C=O) groups is 1. The fourth-order valence-corrected chi connectivity index (χ4v) is 2.08. The highest BCUT2D eigenvalue weighted by molar-refractivity contribution is 9.10. The lowest BCUT2D eigenvalue weighted by Gasteiger charge is -2.13. The van der Waals surface area contributed by atoms with E-state index in [9.17, 15) is 4.79 Å². The number of aliphatic carboxylic acids is 1. The van der Waals surface area contributed by atoms with E-state index in [0.717, 1.165) is 4.47 Å². The molecule has 0 aromatic heterocycles. The van der Waals surface area contributed by atoms with Gasteiger partial charge in [-0.05, 0) is 12.1 Å². The van der Waals surface area contributed by atoms with Crippen LogP contribution in [0.5, 0.6) is 11.5 Å². The molecule has 1 heterocycles. The molecule has 0 bridgehead atoms. The number of hydrogen-bond acceptors (Lipinski definition) is 4. The van der Waals surface area contributed by atoms with E-state index in [2.05, 4.69) is 15.9 Å². The van der Waals surface area contributed by atoms with E-state index >= 15 is 0 Å². The molecule has 1 atom stereocenters. The molecule has 1 unspecified atom stereocenters. The summed E-state index contributed by atoms with van der Waals surface area (Å²) in [5, 5.41) is 9.06. The van der Waals surface area contributed by atoms with Crippen LogP contribution >= 0.6 is 15.9 Å². The summed E-state index contributed by atoms with van der Waals surface area (Å²) in [6.07, 6.45) is 0. The number of fused-ring (bicyclic) bond motifs is 1. The van der Waals surface area contributed by atoms with Crippen molar-refractivity contribution in [1.82, 2.24) is 0 Å². The lowest BCUT2D eigenvalue weighted by molar-refractivity contribution is -0.138. The normalized spacial score (nSPS) is 14.9. The summed E-state index contributed by atoms with van der Waals surface area (Å²) in [6, 6.07) is 3.43. The van der Waals surface area contributed by atoms with E-state index in [-0.39, 0.29) is 13.3 Å². The second-order valence-electron chi connectivity index (χ2n) is 3.36. The van der Waals surface area contributed by atoms with Crippen molar-refractivity contribution < 1.29 is 19.4 Å². The molecule has 0 saturated heterocycles. The van der Waals surface area contributed by atoms with E-state index in [0.29, 0.717) is 17.1 Å². The maximum atomic E-state index is 11.1. The maximum absolute atomic E-state index is 11.1. The predicted octanol–water partition coefficient (Wildman–Crippen LogP) is 1.30. The van der Waals surface area contributed by atoms with Gasteiger partial charge in [-0.1, -0.05) is 15.9 Å². The van der Waals surface area contributed by atoms with E-state index in [1.807, 2.05) is 0 Å². The zero-order valence-electron chi connectivity index (χ0n) is 8.27. The summed E-state index contributed by atoms with van der Waals surface area (Å²) in [7, 11) is 0. The van der Waals surface area contributed by atoms with Crippen LogP contribution < -0.4 is 15.2 Å². The van der Waals surface area contributed by atoms with Crippen molar-refractivity contribution in [2.45, 2.75) is 5.92 Å². The van der Waals surface area contributed by atoms with Crippen molar-refractivity contribution in [2.75, 3.05) is 13.3 Å². The van der Waals surface area contributed by atoms with Gasteiger partial charge in [-0.25, -0.2) is 0 Å². The van der Waals surface area contributed by atoms with Crippen LogP contribution in [-0.2, 0) is 4.79 Å². The summed E-state index contributed by atoms with van der Waals surface area (Å²) >= 11 is 3.29. The average molecular weight is 288 g/mol. The van der Waals surface area contributed by atoms with Crippen molar-refractivity contribution in [3.8, 4) is 11.5 Å². The van der Waals surface area contributed by atoms with Crippen LogP contribution in [0.1, 0.15) is 11.5 Å². The van der Waals surface area contributed by atoms with Crippen LogP contribution in [-0.4, -0.2) is 24.4 Å². The first-order chi connectivity index (χ1) is 7.63. The number of benzene rings is 1. The first kappa shape index (κ1) is 11.2. The van der Waals surface area contributed by atoms with Gasteiger partial charge >= 0.3 is 5.97 Å². The molecule has 86 valence electrons. The predicted molar refractivity (Wildman–Crippen MR) is 59.7 cm³/mol. The largest absolute Gasteiger partial charge is 0.481 e. The molecule has 0 fully saturated rings. The van der Waals surface area contributed by atoms with Gasteiger partial charge in [0, 0.05) is 16.6 Å². The minimum atomic E-state index is -0.974. The Bertz CT molecular complexity index is 435. The van der Waals surface area contributed by atoms with Crippen molar-refractivity contribution in [3.05, 3.63) is 22.2 Å². The van der Waals surface area contributed by atoms with Gasteiger partial charge in [0.25, 0.3) is 0 Å². The van der Waals surface area contributed by atoms with Gasteiger partial charge in [-0.2, -0.15) is 0 Å². The summed E-state index contributed by atoms with van der Waals surface area (Å²) in [5.74, 6) is -0.739. The van der Waals surface area contributed by atoms with E-state index in [1.54, 1.807) is 12.1 Å². The highest BCUT2D eigenvalue weighted by Gasteiger charge is 2.27. The lowest BCUT2D eigenvalue weighted by atomic mass is 9.98. The molecule has 0 saturated carbocycles. The van der Waals surface area contributed by atoms with Gasteiger partial charge in [-0.3, -0.25) is 4.79 Å². The lowest BCUT2D eigenvalue weighted by Crippen LogP contribution is -2.21.